The summed E-state index contributed by atoms with van der Waals surface area (Å²) in [5.41, 5.74) is 1.10. The van der Waals surface area contributed by atoms with Gasteiger partial charge >= 0.3 is 5.97 Å². The number of aliphatic hydroxyl groups is 1. The minimum atomic E-state index is -0.518. The third-order valence-corrected chi connectivity index (χ3v) is 4.18. The van der Waals surface area contributed by atoms with Crippen LogP contribution >= 0.6 is 0 Å². The Bertz CT molecular complexity index is 516. The summed E-state index contributed by atoms with van der Waals surface area (Å²) in [5, 5.41) is 8.97. The van der Waals surface area contributed by atoms with Crippen molar-refractivity contribution < 1.29 is 19.4 Å². The summed E-state index contributed by atoms with van der Waals surface area (Å²) < 4.78 is 5.12. The lowest BCUT2D eigenvalue weighted by molar-refractivity contribution is -0.140. The second-order valence-corrected chi connectivity index (χ2v) is 5.86. The number of likely N-dealkylation sites (tertiary alicyclic amines) is 1. The number of carbonyl (C=O) groups is 2. The Labute approximate surface area is 130 Å². The summed E-state index contributed by atoms with van der Waals surface area (Å²) in [5.74, 6) is -0.657. The van der Waals surface area contributed by atoms with E-state index in [-0.39, 0.29) is 31.2 Å². The van der Waals surface area contributed by atoms with Gasteiger partial charge in [-0.2, -0.15) is 0 Å². The van der Waals surface area contributed by atoms with Crippen molar-refractivity contribution in [3.63, 3.8) is 0 Å². The van der Waals surface area contributed by atoms with E-state index in [4.69, 9.17) is 9.84 Å². The highest BCUT2D eigenvalue weighted by Crippen LogP contribution is 2.22. The zero-order chi connectivity index (χ0) is 16.1. The molecule has 0 saturated carbocycles. The zero-order valence-corrected chi connectivity index (χ0v) is 13.1. The summed E-state index contributed by atoms with van der Waals surface area (Å²) >= 11 is 0. The van der Waals surface area contributed by atoms with Gasteiger partial charge in [-0.1, -0.05) is 12.1 Å². The van der Waals surface area contributed by atoms with E-state index in [1.807, 2.05) is 18.7 Å². The van der Waals surface area contributed by atoms with Crippen LogP contribution in [0.5, 0.6) is 0 Å². The quantitative estimate of drug-likeness (QED) is 0.865. The topological polar surface area (TPSA) is 66.8 Å². The van der Waals surface area contributed by atoms with Gasteiger partial charge in [0.15, 0.2) is 6.61 Å². The Morgan fingerprint density at radius 1 is 1.18 bits per heavy atom. The highest BCUT2D eigenvalue weighted by Gasteiger charge is 2.29. The molecular formula is C17H23NO4. The molecule has 1 heterocycles. The Balaban J connectivity index is 1.90. The molecule has 120 valence electrons. The van der Waals surface area contributed by atoms with Crippen LogP contribution in [0.15, 0.2) is 24.3 Å². The van der Waals surface area contributed by atoms with Crippen molar-refractivity contribution in [2.24, 2.45) is 0 Å². The van der Waals surface area contributed by atoms with Crippen molar-refractivity contribution in [1.29, 1.82) is 0 Å². The first-order chi connectivity index (χ1) is 10.5. The highest BCUT2D eigenvalue weighted by molar-refractivity contribution is 5.91. The van der Waals surface area contributed by atoms with E-state index >= 15 is 0 Å². The number of carbonyl (C=O) groups excluding carboxylic acids is 2. The molecular weight excluding hydrogens is 282 g/mol. The van der Waals surface area contributed by atoms with E-state index in [0.29, 0.717) is 5.56 Å². The number of amides is 1. The van der Waals surface area contributed by atoms with Gasteiger partial charge in [0.25, 0.3) is 5.91 Å². The molecule has 1 amide bonds. The first-order valence-corrected chi connectivity index (χ1v) is 7.71. The molecule has 5 heteroatoms. The van der Waals surface area contributed by atoms with Crippen LogP contribution in [0.1, 0.15) is 49.0 Å². The van der Waals surface area contributed by atoms with E-state index in [9.17, 15) is 9.59 Å². The molecule has 1 aliphatic heterocycles. The fraction of sp³-hybridized carbons (Fsp3) is 0.529. The molecule has 1 saturated heterocycles. The first kappa shape index (κ1) is 16.5. The Kier molecular flexibility index (Phi) is 5.55. The summed E-state index contributed by atoms with van der Waals surface area (Å²) in [4.78, 5) is 26.0. The minimum absolute atomic E-state index is 0.0709. The average Bonchev–Trinajstić information content (AvgIpc) is 2.52. The number of hydrogen-bond donors (Lipinski definition) is 1. The van der Waals surface area contributed by atoms with E-state index < -0.39 is 5.97 Å². The molecule has 0 aromatic heterocycles. The maximum Gasteiger partial charge on any atom is 0.338 e. The van der Waals surface area contributed by atoms with Gasteiger partial charge in [0.2, 0.25) is 0 Å². The smallest absolute Gasteiger partial charge is 0.338 e. The molecule has 2 atom stereocenters. The van der Waals surface area contributed by atoms with Crippen molar-refractivity contribution >= 4 is 11.9 Å². The molecule has 2 rings (SSSR count). The molecule has 0 spiro atoms. The normalized spacial score (nSPS) is 21.5. The number of piperidine rings is 1. The molecule has 1 fully saturated rings. The van der Waals surface area contributed by atoms with Crippen LogP contribution in [0, 0.1) is 0 Å². The number of hydrogen-bond acceptors (Lipinski definition) is 4. The van der Waals surface area contributed by atoms with Gasteiger partial charge in [0.1, 0.15) is 0 Å². The molecule has 1 aromatic carbocycles. The number of rotatable bonds is 4. The summed E-state index contributed by atoms with van der Waals surface area (Å²) in [7, 11) is 0. The predicted molar refractivity (Wildman–Crippen MR) is 82.3 cm³/mol. The van der Waals surface area contributed by atoms with E-state index in [0.717, 1.165) is 24.8 Å². The first-order valence-electron chi connectivity index (χ1n) is 7.71. The Hall–Kier alpha value is -1.88. The summed E-state index contributed by atoms with van der Waals surface area (Å²) in [6.07, 6.45) is 3.11. The van der Waals surface area contributed by atoms with Crippen LogP contribution in [-0.4, -0.2) is 40.6 Å². The second kappa shape index (κ2) is 7.40. The van der Waals surface area contributed by atoms with Gasteiger partial charge < -0.3 is 14.7 Å². The average molecular weight is 305 g/mol. The van der Waals surface area contributed by atoms with Crippen LogP contribution in [0.25, 0.3) is 0 Å². The van der Waals surface area contributed by atoms with Crippen LogP contribution in [0.3, 0.4) is 0 Å². The summed E-state index contributed by atoms with van der Waals surface area (Å²) in [6.45, 7) is 3.76. The van der Waals surface area contributed by atoms with Crippen molar-refractivity contribution in [1.82, 2.24) is 4.90 Å². The SMILES string of the molecule is CC1CCCC(C)N1C(=O)COC(=O)c1ccc(CO)cc1. The number of benzene rings is 1. The van der Waals surface area contributed by atoms with E-state index in [1.165, 1.54) is 0 Å². The second-order valence-electron chi connectivity index (χ2n) is 5.86. The largest absolute Gasteiger partial charge is 0.452 e. The van der Waals surface area contributed by atoms with Gasteiger partial charge in [-0.3, -0.25) is 4.79 Å². The predicted octanol–water partition coefficient (Wildman–Crippen LogP) is 2.13. The van der Waals surface area contributed by atoms with E-state index in [2.05, 4.69) is 0 Å². The zero-order valence-electron chi connectivity index (χ0n) is 13.1. The molecule has 1 N–H and O–H groups in total. The van der Waals surface area contributed by atoms with Gasteiger partial charge in [-0.25, -0.2) is 4.79 Å². The number of esters is 1. The van der Waals surface area contributed by atoms with Gasteiger partial charge in [-0.05, 0) is 50.8 Å². The molecule has 22 heavy (non-hydrogen) atoms. The van der Waals surface area contributed by atoms with Crippen LogP contribution in [-0.2, 0) is 16.1 Å². The number of aliphatic hydroxyl groups excluding tert-OH is 1. The van der Waals surface area contributed by atoms with Crippen molar-refractivity contribution in [2.75, 3.05) is 6.61 Å². The lowest BCUT2D eigenvalue weighted by atomic mass is 9.97. The number of nitrogens with zero attached hydrogens (tertiary/aromatic N) is 1. The molecule has 5 nitrogen and oxygen atoms in total. The van der Waals surface area contributed by atoms with E-state index in [1.54, 1.807) is 24.3 Å². The lowest BCUT2D eigenvalue weighted by Crippen LogP contribution is -2.49. The number of ether oxygens (including phenoxy) is 1. The minimum Gasteiger partial charge on any atom is -0.452 e. The lowest BCUT2D eigenvalue weighted by Gasteiger charge is -2.38. The van der Waals surface area contributed by atoms with Gasteiger partial charge in [-0.15, -0.1) is 0 Å². The molecule has 0 radical (unpaired) electrons. The molecule has 1 aliphatic rings. The molecule has 1 aromatic rings. The highest BCUT2D eigenvalue weighted by atomic mass is 16.5. The summed E-state index contributed by atoms with van der Waals surface area (Å²) in [6, 6.07) is 6.88. The van der Waals surface area contributed by atoms with Crippen LogP contribution < -0.4 is 0 Å². The Morgan fingerprint density at radius 2 is 1.77 bits per heavy atom. The molecule has 0 aliphatic carbocycles. The maximum absolute atomic E-state index is 12.3. The Morgan fingerprint density at radius 3 is 2.32 bits per heavy atom. The fourth-order valence-corrected chi connectivity index (χ4v) is 2.94. The third-order valence-electron chi connectivity index (χ3n) is 4.18. The molecule has 0 bridgehead atoms. The van der Waals surface area contributed by atoms with Crippen LogP contribution in [0.4, 0.5) is 0 Å². The van der Waals surface area contributed by atoms with Crippen LogP contribution in [0.2, 0.25) is 0 Å². The van der Waals surface area contributed by atoms with Gasteiger partial charge in [0.05, 0.1) is 12.2 Å². The standard InChI is InChI=1S/C17H23NO4/c1-12-4-3-5-13(2)18(12)16(20)11-22-17(21)15-8-6-14(10-19)7-9-15/h6-9,12-13,19H,3-5,10-11H2,1-2H3. The van der Waals surface area contributed by atoms with Crippen molar-refractivity contribution in [2.45, 2.75) is 51.8 Å². The molecule has 2 unspecified atom stereocenters. The third kappa shape index (κ3) is 3.85. The maximum atomic E-state index is 12.3. The van der Waals surface area contributed by atoms with Gasteiger partial charge in [0, 0.05) is 12.1 Å². The van der Waals surface area contributed by atoms with Crippen molar-refractivity contribution in [3.8, 4) is 0 Å². The van der Waals surface area contributed by atoms with Crippen molar-refractivity contribution in [3.05, 3.63) is 35.4 Å². The fourth-order valence-electron chi connectivity index (χ4n) is 2.94. The monoisotopic (exact) mass is 305 g/mol.